The van der Waals surface area contributed by atoms with Crippen molar-refractivity contribution in [1.82, 2.24) is 0 Å². The van der Waals surface area contributed by atoms with Gasteiger partial charge in [-0.05, 0) is 55.3 Å². The summed E-state index contributed by atoms with van der Waals surface area (Å²) in [6, 6.07) is 14.5. The molecule has 0 spiro atoms. The Balaban J connectivity index is 2.34. The van der Waals surface area contributed by atoms with Crippen LogP contribution >= 0.6 is 15.9 Å². The minimum absolute atomic E-state index is 0.0641. The first-order valence-corrected chi connectivity index (χ1v) is 8.54. The molecule has 0 saturated heterocycles. The van der Waals surface area contributed by atoms with E-state index in [1.807, 2.05) is 38.1 Å². The van der Waals surface area contributed by atoms with Gasteiger partial charge in [0.05, 0.1) is 0 Å². The van der Waals surface area contributed by atoms with Crippen LogP contribution in [0.4, 0.5) is 5.69 Å². The normalized spacial score (nSPS) is 10.6. The van der Waals surface area contributed by atoms with Crippen molar-refractivity contribution in [3.8, 4) is 17.9 Å². The molecule has 0 unspecified atom stereocenters. The van der Waals surface area contributed by atoms with Gasteiger partial charge in [-0.25, -0.2) is 0 Å². The van der Waals surface area contributed by atoms with Gasteiger partial charge in [0.15, 0.2) is 6.61 Å². The van der Waals surface area contributed by atoms with E-state index in [0.29, 0.717) is 17.0 Å². The van der Waals surface area contributed by atoms with Crippen LogP contribution in [0.25, 0.3) is 6.08 Å². The fourth-order valence-electron chi connectivity index (χ4n) is 2.25. The van der Waals surface area contributed by atoms with Gasteiger partial charge in [0.25, 0.3) is 5.91 Å². The van der Waals surface area contributed by atoms with Crippen LogP contribution < -0.4 is 10.1 Å². The lowest BCUT2D eigenvalue weighted by molar-refractivity contribution is -0.112. The van der Waals surface area contributed by atoms with Crippen molar-refractivity contribution in [2.45, 2.75) is 13.8 Å². The number of carbonyl (C=O) groups excluding carboxylic acids is 1. The van der Waals surface area contributed by atoms with E-state index in [0.717, 1.165) is 15.6 Å². The highest BCUT2D eigenvalue weighted by atomic mass is 79.9. The van der Waals surface area contributed by atoms with Gasteiger partial charge < -0.3 is 10.1 Å². The van der Waals surface area contributed by atoms with Crippen molar-refractivity contribution in [2.75, 3.05) is 11.9 Å². The van der Waals surface area contributed by atoms with Gasteiger partial charge in [0.1, 0.15) is 23.5 Å². The topological polar surface area (TPSA) is 85.9 Å². The zero-order chi connectivity index (χ0) is 19.1. The second-order valence-electron chi connectivity index (χ2n) is 5.50. The molecule has 0 saturated carbocycles. The van der Waals surface area contributed by atoms with Crippen LogP contribution in [0.1, 0.15) is 16.7 Å². The maximum Gasteiger partial charge on any atom is 0.266 e. The van der Waals surface area contributed by atoms with Gasteiger partial charge in [-0.2, -0.15) is 10.5 Å². The smallest absolute Gasteiger partial charge is 0.266 e. The van der Waals surface area contributed by atoms with E-state index in [1.54, 1.807) is 24.3 Å². The Hall–Kier alpha value is -3.09. The lowest BCUT2D eigenvalue weighted by Gasteiger charge is -2.10. The summed E-state index contributed by atoms with van der Waals surface area (Å²) >= 11 is 3.35. The molecule has 2 rings (SSSR count). The minimum atomic E-state index is -0.507. The molecule has 26 heavy (non-hydrogen) atoms. The lowest BCUT2D eigenvalue weighted by Crippen LogP contribution is -2.14. The number of aryl methyl sites for hydroxylation is 1. The predicted octanol–water partition coefficient (Wildman–Crippen LogP) is 4.51. The Bertz CT molecular complexity index is 953. The van der Waals surface area contributed by atoms with Crippen LogP contribution in [0.5, 0.6) is 5.75 Å². The quantitative estimate of drug-likeness (QED) is 0.580. The first-order valence-electron chi connectivity index (χ1n) is 7.75. The molecule has 0 heterocycles. The van der Waals surface area contributed by atoms with Crippen LogP contribution in [0.15, 0.2) is 46.4 Å². The molecule has 0 bridgehead atoms. The number of rotatable bonds is 5. The number of carbonyl (C=O) groups is 1. The molecule has 130 valence electrons. The highest BCUT2D eigenvalue weighted by Crippen LogP contribution is 2.26. The molecule has 0 aromatic heterocycles. The fraction of sp³-hybridized carbons (Fsp3) is 0.150. The second kappa shape index (κ2) is 8.84. The Morgan fingerprint density at radius 2 is 2.04 bits per heavy atom. The monoisotopic (exact) mass is 409 g/mol. The summed E-state index contributed by atoms with van der Waals surface area (Å²) in [7, 11) is 0. The molecule has 1 amide bonds. The van der Waals surface area contributed by atoms with Gasteiger partial charge in [0.2, 0.25) is 0 Å². The van der Waals surface area contributed by atoms with Gasteiger partial charge in [-0.15, -0.1) is 0 Å². The standard InChI is InChI=1S/C20H16BrN3O2/c1-13-4-3-5-18(14(13)2)24-20(25)16(12-23)10-15-11-17(21)6-7-19(15)26-9-8-22/h3-7,10-11H,9H2,1-2H3,(H,24,25)/b16-10+. The van der Waals surface area contributed by atoms with E-state index >= 15 is 0 Å². The number of ether oxygens (including phenoxy) is 1. The van der Waals surface area contributed by atoms with Crippen LogP contribution in [-0.2, 0) is 4.79 Å². The number of anilines is 1. The van der Waals surface area contributed by atoms with E-state index < -0.39 is 5.91 Å². The summed E-state index contributed by atoms with van der Waals surface area (Å²) in [6.45, 7) is 3.73. The average molecular weight is 410 g/mol. The van der Waals surface area contributed by atoms with E-state index in [2.05, 4.69) is 21.2 Å². The molecule has 2 aromatic rings. The summed E-state index contributed by atoms with van der Waals surface area (Å²) < 4.78 is 6.12. The van der Waals surface area contributed by atoms with Crippen LogP contribution in [0, 0.1) is 36.5 Å². The number of amides is 1. The number of nitrogens with one attached hydrogen (secondary N) is 1. The van der Waals surface area contributed by atoms with Gasteiger partial charge in [-0.3, -0.25) is 4.79 Å². The van der Waals surface area contributed by atoms with Gasteiger partial charge in [0, 0.05) is 15.7 Å². The number of nitriles is 2. The molecular weight excluding hydrogens is 394 g/mol. The molecule has 5 nitrogen and oxygen atoms in total. The number of nitrogens with zero attached hydrogens (tertiary/aromatic N) is 2. The van der Waals surface area contributed by atoms with Gasteiger partial charge in [-0.1, -0.05) is 28.1 Å². The SMILES string of the molecule is Cc1cccc(NC(=O)/C(C#N)=C/c2cc(Br)ccc2OCC#N)c1C. The molecule has 2 aromatic carbocycles. The van der Waals surface area contributed by atoms with E-state index in [1.165, 1.54) is 6.08 Å². The highest BCUT2D eigenvalue weighted by molar-refractivity contribution is 9.10. The summed E-state index contributed by atoms with van der Waals surface area (Å²) in [5, 5.41) is 20.9. The Morgan fingerprint density at radius 1 is 1.27 bits per heavy atom. The zero-order valence-electron chi connectivity index (χ0n) is 14.3. The highest BCUT2D eigenvalue weighted by Gasteiger charge is 2.13. The number of hydrogen-bond donors (Lipinski definition) is 1. The van der Waals surface area contributed by atoms with Crippen LogP contribution in [0.3, 0.4) is 0 Å². The predicted molar refractivity (Wildman–Crippen MR) is 103 cm³/mol. The third-order valence-electron chi connectivity index (χ3n) is 3.78. The number of halogens is 1. The van der Waals surface area contributed by atoms with E-state index in [4.69, 9.17) is 10.00 Å². The summed E-state index contributed by atoms with van der Waals surface area (Å²) in [4.78, 5) is 12.5. The minimum Gasteiger partial charge on any atom is -0.478 e. The average Bonchev–Trinajstić information content (AvgIpc) is 2.62. The van der Waals surface area contributed by atoms with Crippen molar-refractivity contribution in [3.63, 3.8) is 0 Å². The van der Waals surface area contributed by atoms with Crippen molar-refractivity contribution >= 4 is 33.6 Å². The van der Waals surface area contributed by atoms with Gasteiger partial charge >= 0.3 is 0 Å². The first-order chi connectivity index (χ1) is 12.5. The lowest BCUT2D eigenvalue weighted by atomic mass is 10.1. The van der Waals surface area contributed by atoms with Crippen molar-refractivity contribution in [2.24, 2.45) is 0 Å². The maximum absolute atomic E-state index is 12.5. The molecule has 6 heteroatoms. The molecule has 0 aliphatic carbocycles. The van der Waals surface area contributed by atoms with E-state index in [-0.39, 0.29) is 12.2 Å². The third-order valence-corrected chi connectivity index (χ3v) is 4.28. The molecule has 0 atom stereocenters. The molecule has 0 radical (unpaired) electrons. The largest absolute Gasteiger partial charge is 0.478 e. The van der Waals surface area contributed by atoms with Crippen molar-refractivity contribution < 1.29 is 9.53 Å². The molecular formula is C20H16BrN3O2. The summed E-state index contributed by atoms with van der Waals surface area (Å²) in [5.74, 6) is -0.0885. The molecule has 0 aliphatic rings. The Kier molecular flexibility index (Phi) is 6.54. The zero-order valence-corrected chi connectivity index (χ0v) is 15.9. The summed E-state index contributed by atoms with van der Waals surface area (Å²) in [5.41, 5.74) is 3.11. The molecule has 1 N–H and O–H groups in total. The summed E-state index contributed by atoms with van der Waals surface area (Å²) in [6.07, 6.45) is 1.44. The maximum atomic E-state index is 12.5. The number of hydrogen-bond acceptors (Lipinski definition) is 4. The third kappa shape index (κ3) is 4.72. The first kappa shape index (κ1) is 19.2. The van der Waals surface area contributed by atoms with Crippen molar-refractivity contribution in [3.05, 3.63) is 63.1 Å². The molecule has 0 aliphatic heterocycles. The Labute approximate surface area is 160 Å². The van der Waals surface area contributed by atoms with E-state index in [9.17, 15) is 10.1 Å². The number of benzene rings is 2. The van der Waals surface area contributed by atoms with Crippen LogP contribution in [-0.4, -0.2) is 12.5 Å². The fourth-order valence-corrected chi connectivity index (χ4v) is 2.63. The Morgan fingerprint density at radius 3 is 2.73 bits per heavy atom. The second-order valence-corrected chi connectivity index (χ2v) is 6.42. The van der Waals surface area contributed by atoms with Crippen LogP contribution in [0.2, 0.25) is 0 Å². The molecule has 0 fully saturated rings. The van der Waals surface area contributed by atoms with Crippen molar-refractivity contribution in [1.29, 1.82) is 10.5 Å².